The minimum atomic E-state index is -0.259. The molecule has 3 aromatic rings. The fourth-order valence-electron chi connectivity index (χ4n) is 3.05. The van der Waals surface area contributed by atoms with Gasteiger partial charge >= 0.3 is 0 Å². The Labute approximate surface area is 151 Å². The van der Waals surface area contributed by atoms with Gasteiger partial charge in [-0.05, 0) is 49.4 Å². The molecule has 0 atom stereocenters. The smallest absolute Gasteiger partial charge is 0.251 e. The lowest BCUT2D eigenvalue weighted by Gasteiger charge is -2.07. The molecule has 26 heavy (non-hydrogen) atoms. The van der Waals surface area contributed by atoms with Gasteiger partial charge in [0, 0.05) is 30.8 Å². The molecule has 0 unspecified atom stereocenters. The van der Waals surface area contributed by atoms with E-state index in [1.165, 1.54) is 25.0 Å². The number of aryl methyl sites for hydroxylation is 1. The summed E-state index contributed by atoms with van der Waals surface area (Å²) in [5, 5.41) is 4.66. The molecule has 0 bridgehead atoms. The second kappa shape index (κ2) is 6.86. The average Bonchev–Trinajstić information content (AvgIpc) is 3.36. The summed E-state index contributed by atoms with van der Waals surface area (Å²) in [4.78, 5) is 16.9. The maximum atomic E-state index is 13.2. The van der Waals surface area contributed by atoms with E-state index in [9.17, 15) is 9.18 Å². The summed E-state index contributed by atoms with van der Waals surface area (Å²) >= 11 is 0. The molecule has 134 valence electrons. The molecule has 1 aromatic carbocycles. The summed E-state index contributed by atoms with van der Waals surface area (Å²) in [6.07, 6.45) is 5.12. The van der Waals surface area contributed by atoms with E-state index in [4.69, 9.17) is 4.98 Å². The standard InChI is InChI=1S/C20H21FN4O/c1-2-24-10-9-16(12-19(24)26)20-22-18(11-14-3-4-14)23-25(20)13-15-5-7-17(21)8-6-15/h5-10,12,14H,2-4,11,13H2,1H3. The van der Waals surface area contributed by atoms with Crippen molar-refractivity contribution in [1.29, 1.82) is 0 Å². The van der Waals surface area contributed by atoms with Crippen LogP contribution < -0.4 is 5.56 Å². The normalized spacial score (nSPS) is 13.9. The highest BCUT2D eigenvalue weighted by atomic mass is 19.1. The fraction of sp³-hybridized carbons (Fsp3) is 0.350. The predicted octanol–water partition coefficient (Wildman–Crippen LogP) is 3.27. The van der Waals surface area contributed by atoms with Crippen LogP contribution in [0.15, 0.2) is 47.4 Å². The molecule has 2 aromatic heterocycles. The van der Waals surface area contributed by atoms with Gasteiger partial charge in [-0.3, -0.25) is 4.79 Å². The number of hydrogen-bond acceptors (Lipinski definition) is 3. The highest BCUT2D eigenvalue weighted by Gasteiger charge is 2.24. The SMILES string of the molecule is CCn1ccc(-c2nc(CC3CC3)nn2Cc2ccc(F)cc2)cc1=O. The van der Waals surface area contributed by atoms with Gasteiger partial charge in [-0.25, -0.2) is 14.1 Å². The number of benzene rings is 1. The number of nitrogens with zero attached hydrogens (tertiary/aromatic N) is 4. The average molecular weight is 352 g/mol. The molecule has 0 N–H and O–H groups in total. The predicted molar refractivity (Wildman–Crippen MR) is 97.3 cm³/mol. The number of pyridine rings is 1. The van der Waals surface area contributed by atoms with Crippen LogP contribution in [0.5, 0.6) is 0 Å². The summed E-state index contributed by atoms with van der Waals surface area (Å²) in [5.74, 6) is 1.91. The first-order chi connectivity index (χ1) is 12.6. The third-order valence-corrected chi connectivity index (χ3v) is 4.72. The minimum Gasteiger partial charge on any atom is -0.316 e. The first-order valence-electron chi connectivity index (χ1n) is 9.01. The lowest BCUT2D eigenvalue weighted by atomic mass is 10.2. The van der Waals surface area contributed by atoms with Crippen LogP contribution in [0, 0.1) is 11.7 Å². The van der Waals surface area contributed by atoms with Crippen molar-refractivity contribution < 1.29 is 4.39 Å². The highest BCUT2D eigenvalue weighted by molar-refractivity contribution is 5.54. The summed E-state index contributed by atoms with van der Waals surface area (Å²) in [7, 11) is 0. The third kappa shape index (κ3) is 3.59. The van der Waals surface area contributed by atoms with Gasteiger partial charge in [0.15, 0.2) is 11.6 Å². The van der Waals surface area contributed by atoms with E-state index in [0.717, 1.165) is 23.4 Å². The molecule has 5 nitrogen and oxygen atoms in total. The largest absolute Gasteiger partial charge is 0.316 e. The third-order valence-electron chi connectivity index (χ3n) is 4.72. The van der Waals surface area contributed by atoms with Crippen molar-refractivity contribution in [2.75, 3.05) is 0 Å². The van der Waals surface area contributed by atoms with E-state index in [1.807, 2.05) is 17.7 Å². The van der Waals surface area contributed by atoms with Gasteiger partial charge in [0.05, 0.1) is 6.54 Å². The molecule has 2 heterocycles. The van der Waals surface area contributed by atoms with E-state index in [-0.39, 0.29) is 11.4 Å². The maximum Gasteiger partial charge on any atom is 0.251 e. The highest BCUT2D eigenvalue weighted by Crippen LogP contribution is 2.32. The molecule has 0 saturated heterocycles. The van der Waals surface area contributed by atoms with Crippen molar-refractivity contribution in [1.82, 2.24) is 19.3 Å². The lowest BCUT2D eigenvalue weighted by Crippen LogP contribution is -2.17. The van der Waals surface area contributed by atoms with Crippen LogP contribution in [0.4, 0.5) is 4.39 Å². The monoisotopic (exact) mass is 352 g/mol. The van der Waals surface area contributed by atoms with Gasteiger partial charge in [-0.15, -0.1) is 0 Å². The molecule has 0 aliphatic heterocycles. The molecule has 1 aliphatic carbocycles. The molecule has 0 radical (unpaired) electrons. The molecule has 0 spiro atoms. The van der Waals surface area contributed by atoms with Crippen molar-refractivity contribution in [2.45, 2.75) is 39.3 Å². The Hall–Kier alpha value is -2.76. The Kier molecular flexibility index (Phi) is 4.41. The van der Waals surface area contributed by atoms with Crippen LogP contribution in [-0.4, -0.2) is 19.3 Å². The Morgan fingerprint density at radius 2 is 1.96 bits per heavy atom. The fourth-order valence-corrected chi connectivity index (χ4v) is 3.05. The van der Waals surface area contributed by atoms with E-state index in [1.54, 1.807) is 29.0 Å². The number of hydrogen-bond donors (Lipinski definition) is 0. The second-order valence-corrected chi connectivity index (χ2v) is 6.82. The summed E-state index contributed by atoms with van der Waals surface area (Å²) in [6.45, 7) is 3.06. The van der Waals surface area contributed by atoms with Crippen LogP contribution in [-0.2, 0) is 19.5 Å². The van der Waals surface area contributed by atoms with Crippen LogP contribution in [0.1, 0.15) is 31.2 Å². The summed E-state index contributed by atoms with van der Waals surface area (Å²) in [6, 6.07) is 9.89. The van der Waals surface area contributed by atoms with Crippen molar-refractivity contribution in [3.8, 4) is 11.4 Å². The molecule has 6 heteroatoms. The topological polar surface area (TPSA) is 52.7 Å². The summed E-state index contributed by atoms with van der Waals surface area (Å²) in [5.41, 5.74) is 1.65. The molecule has 1 saturated carbocycles. The van der Waals surface area contributed by atoms with Gasteiger partial charge in [-0.1, -0.05) is 12.1 Å². The van der Waals surface area contributed by atoms with Crippen molar-refractivity contribution in [3.63, 3.8) is 0 Å². The van der Waals surface area contributed by atoms with Gasteiger partial charge in [0.2, 0.25) is 0 Å². The number of rotatable bonds is 6. The van der Waals surface area contributed by atoms with Gasteiger partial charge in [0.1, 0.15) is 5.82 Å². The lowest BCUT2D eigenvalue weighted by molar-refractivity contribution is 0.623. The second-order valence-electron chi connectivity index (χ2n) is 6.82. The van der Waals surface area contributed by atoms with Crippen molar-refractivity contribution in [3.05, 3.63) is 70.2 Å². The van der Waals surface area contributed by atoms with Gasteiger partial charge < -0.3 is 4.57 Å². The minimum absolute atomic E-state index is 0.0509. The molecular weight excluding hydrogens is 331 g/mol. The van der Waals surface area contributed by atoms with Crippen molar-refractivity contribution >= 4 is 0 Å². The first-order valence-corrected chi connectivity index (χ1v) is 9.01. The Morgan fingerprint density at radius 1 is 1.19 bits per heavy atom. The molecule has 4 rings (SSSR count). The first kappa shape index (κ1) is 16.7. The van der Waals surface area contributed by atoms with Gasteiger partial charge in [-0.2, -0.15) is 5.10 Å². The molecule has 1 aliphatic rings. The molecule has 1 fully saturated rings. The van der Waals surface area contributed by atoms with Crippen LogP contribution in [0.3, 0.4) is 0 Å². The zero-order chi connectivity index (χ0) is 18.1. The maximum absolute atomic E-state index is 13.2. The Bertz CT molecular complexity index is 970. The van der Waals surface area contributed by atoms with Crippen LogP contribution in [0.25, 0.3) is 11.4 Å². The molecular formula is C20H21FN4O. The molecule has 0 amide bonds. The van der Waals surface area contributed by atoms with Crippen molar-refractivity contribution in [2.24, 2.45) is 5.92 Å². The summed E-state index contributed by atoms with van der Waals surface area (Å²) < 4.78 is 16.6. The Balaban J connectivity index is 1.71. The van der Waals surface area contributed by atoms with Crippen LogP contribution >= 0.6 is 0 Å². The van der Waals surface area contributed by atoms with E-state index < -0.39 is 0 Å². The Morgan fingerprint density at radius 3 is 2.62 bits per heavy atom. The van der Waals surface area contributed by atoms with Gasteiger partial charge in [0.25, 0.3) is 5.56 Å². The number of halogens is 1. The van der Waals surface area contributed by atoms with E-state index >= 15 is 0 Å². The zero-order valence-corrected chi connectivity index (χ0v) is 14.7. The number of aromatic nitrogens is 4. The zero-order valence-electron chi connectivity index (χ0n) is 14.7. The van der Waals surface area contributed by atoms with E-state index in [0.29, 0.717) is 24.8 Å². The van der Waals surface area contributed by atoms with Crippen LogP contribution in [0.2, 0.25) is 0 Å². The van der Waals surface area contributed by atoms with E-state index in [2.05, 4.69) is 5.10 Å². The quantitative estimate of drug-likeness (QED) is 0.684.